The summed E-state index contributed by atoms with van der Waals surface area (Å²) >= 11 is 0. The maximum absolute atomic E-state index is 12.4. The number of carbonyl (C=O) groups excluding carboxylic acids is 1. The monoisotopic (exact) mass is 248 g/mol. The summed E-state index contributed by atoms with van der Waals surface area (Å²) in [7, 11) is 3.41. The number of hydrogen-bond donors (Lipinski definition) is 1. The second-order valence-electron chi connectivity index (χ2n) is 4.80. The van der Waals surface area contributed by atoms with Crippen molar-refractivity contribution in [3.05, 3.63) is 24.3 Å². The molecule has 2 N–H and O–H groups in total. The van der Waals surface area contributed by atoms with Gasteiger partial charge in [0.25, 0.3) is 0 Å². The third kappa shape index (κ3) is 2.48. The number of amides is 1. The quantitative estimate of drug-likeness (QED) is 0.887. The van der Waals surface area contributed by atoms with Gasteiger partial charge < -0.3 is 15.4 Å². The average Bonchev–Trinajstić information content (AvgIpc) is 2.83. The molecule has 4 nitrogen and oxygen atoms in total. The van der Waals surface area contributed by atoms with Crippen LogP contribution in [0, 0.1) is 5.92 Å². The zero-order chi connectivity index (χ0) is 13.1. The van der Waals surface area contributed by atoms with Crippen LogP contribution in [0.25, 0.3) is 0 Å². The van der Waals surface area contributed by atoms with Gasteiger partial charge in [0.1, 0.15) is 5.75 Å². The van der Waals surface area contributed by atoms with Crippen molar-refractivity contribution in [2.75, 3.05) is 19.1 Å². The molecule has 0 spiro atoms. The van der Waals surface area contributed by atoms with Crippen molar-refractivity contribution in [2.24, 2.45) is 11.7 Å². The van der Waals surface area contributed by atoms with E-state index in [2.05, 4.69) is 0 Å². The van der Waals surface area contributed by atoms with Crippen LogP contribution >= 0.6 is 0 Å². The van der Waals surface area contributed by atoms with Gasteiger partial charge in [0.15, 0.2) is 0 Å². The van der Waals surface area contributed by atoms with E-state index in [4.69, 9.17) is 10.5 Å². The van der Waals surface area contributed by atoms with Crippen LogP contribution in [0.5, 0.6) is 5.75 Å². The number of benzene rings is 1. The van der Waals surface area contributed by atoms with E-state index >= 15 is 0 Å². The fourth-order valence-corrected chi connectivity index (χ4v) is 2.49. The molecule has 1 aliphatic carbocycles. The van der Waals surface area contributed by atoms with E-state index in [1.165, 1.54) is 0 Å². The number of hydrogen-bond acceptors (Lipinski definition) is 3. The van der Waals surface area contributed by atoms with Gasteiger partial charge in [-0.1, -0.05) is 12.5 Å². The van der Waals surface area contributed by atoms with Crippen LogP contribution in [0.4, 0.5) is 5.69 Å². The van der Waals surface area contributed by atoms with Crippen molar-refractivity contribution in [1.82, 2.24) is 0 Å². The Kier molecular flexibility index (Phi) is 3.87. The van der Waals surface area contributed by atoms with Gasteiger partial charge in [0.05, 0.1) is 13.0 Å². The number of nitrogens with two attached hydrogens (primary N) is 1. The zero-order valence-electron chi connectivity index (χ0n) is 10.9. The second kappa shape index (κ2) is 5.40. The van der Waals surface area contributed by atoms with E-state index in [0.29, 0.717) is 0 Å². The number of methoxy groups -OCH3 is 1. The molecule has 1 aliphatic rings. The highest BCUT2D eigenvalue weighted by atomic mass is 16.5. The van der Waals surface area contributed by atoms with Crippen LogP contribution in [0.15, 0.2) is 24.3 Å². The molecule has 2 atom stereocenters. The van der Waals surface area contributed by atoms with E-state index in [1.807, 2.05) is 24.3 Å². The number of rotatable bonds is 3. The van der Waals surface area contributed by atoms with Crippen LogP contribution in [0.1, 0.15) is 19.3 Å². The Hall–Kier alpha value is -1.55. The van der Waals surface area contributed by atoms with Crippen LogP contribution in [0.3, 0.4) is 0 Å². The number of ether oxygens (including phenoxy) is 1. The standard InChI is InChI=1S/C14H20N2O2/c1-16(10-5-3-6-11(9-10)18-2)14(17)12-7-4-8-13(12)15/h3,5-6,9,12-13H,4,7-8,15H2,1-2H3. The molecule has 0 heterocycles. The van der Waals surface area contributed by atoms with E-state index in [1.54, 1.807) is 19.1 Å². The van der Waals surface area contributed by atoms with Crippen LogP contribution in [-0.2, 0) is 4.79 Å². The number of carbonyl (C=O) groups is 1. The van der Waals surface area contributed by atoms with Crippen LogP contribution in [0.2, 0.25) is 0 Å². The van der Waals surface area contributed by atoms with Crippen molar-refractivity contribution in [3.8, 4) is 5.75 Å². The lowest BCUT2D eigenvalue weighted by Gasteiger charge is -2.23. The van der Waals surface area contributed by atoms with Crippen molar-refractivity contribution < 1.29 is 9.53 Å². The van der Waals surface area contributed by atoms with Gasteiger partial charge >= 0.3 is 0 Å². The fourth-order valence-electron chi connectivity index (χ4n) is 2.49. The highest BCUT2D eigenvalue weighted by Crippen LogP contribution is 2.28. The molecule has 2 unspecified atom stereocenters. The fraction of sp³-hybridized carbons (Fsp3) is 0.500. The van der Waals surface area contributed by atoms with Gasteiger partial charge in [-0.2, -0.15) is 0 Å². The van der Waals surface area contributed by atoms with E-state index in [9.17, 15) is 4.79 Å². The Morgan fingerprint density at radius 2 is 2.22 bits per heavy atom. The van der Waals surface area contributed by atoms with Crippen molar-refractivity contribution in [1.29, 1.82) is 0 Å². The normalized spacial score (nSPS) is 22.8. The number of anilines is 1. The molecular formula is C14H20N2O2. The average molecular weight is 248 g/mol. The van der Waals surface area contributed by atoms with Crippen molar-refractivity contribution >= 4 is 11.6 Å². The maximum atomic E-state index is 12.4. The summed E-state index contributed by atoms with van der Waals surface area (Å²) in [6.45, 7) is 0. The first-order valence-corrected chi connectivity index (χ1v) is 6.30. The first kappa shape index (κ1) is 12.9. The van der Waals surface area contributed by atoms with E-state index in [0.717, 1.165) is 30.7 Å². The first-order valence-electron chi connectivity index (χ1n) is 6.30. The molecule has 1 aromatic rings. The summed E-state index contributed by atoms with van der Waals surface area (Å²) in [4.78, 5) is 14.0. The highest BCUT2D eigenvalue weighted by molar-refractivity contribution is 5.95. The SMILES string of the molecule is COc1cccc(N(C)C(=O)C2CCCC2N)c1. The third-order valence-electron chi connectivity index (χ3n) is 3.66. The molecule has 0 saturated heterocycles. The Labute approximate surface area is 108 Å². The number of nitrogens with zero attached hydrogens (tertiary/aromatic N) is 1. The van der Waals surface area contributed by atoms with Gasteiger partial charge in [-0.25, -0.2) is 0 Å². The summed E-state index contributed by atoms with van der Waals surface area (Å²) < 4.78 is 5.17. The lowest BCUT2D eigenvalue weighted by atomic mass is 10.0. The molecule has 1 amide bonds. The molecule has 1 saturated carbocycles. The Balaban J connectivity index is 2.14. The largest absolute Gasteiger partial charge is 0.497 e. The Bertz CT molecular complexity index is 434. The Morgan fingerprint density at radius 1 is 1.44 bits per heavy atom. The lowest BCUT2D eigenvalue weighted by molar-refractivity contribution is -0.122. The molecule has 0 bridgehead atoms. The lowest BCUT2D eigenvalue weighted by Crippen LogP contribution is -2.39. The second-order valence-corrected chi connectivity index (χ2v) is 4.80. The summed E-state index contributed by atoms with van der Waals surface area (Å²) in [5.74, 6) is 0.817. The van der Waals surface area contributed by atoms with Gasteiger partial charge in [0.2, 0.25) is 5.91 Å². The molecule has 98 valence electrons. The topological polar surface area (TPSA) is 55.6 Å². The maximum Gasteiger partial charge on any atom is 0.231 e. The van der Waals surface area contributed by atoms with Crippen molar-refractivity contribution in [3.63, 3.8) is 0 Å². The smallest absolute Gasteiger partial charge is 0.231 e. The molecule has 2 rings (SSSR count). The first-order chi connectivity index (χ1) is 8.63. The molecule has 1 fully saturated rings. The summed E-state index contributed by atoms with van der Waals surface area (Å²) in [6.07, 6.45) is 2.89. The van der Waals surface area contributed by atoms with Gasteiger partial charge in [-0.3, -0.25) is 4.79 Å². The highest BCUT2D eigenvalue weighted by Gasteiger charge is 2.32. The summed E-state index contributed by atoms with van der Waals surface area (Å²) in [5.41, 5.74) is 6.83. The molecule has 4 heteroatoms. The molecule has 0 radical (unpaired) electrons. The molecule has 1 aromatic carbocycles. The summed E-state index contributed by atoms with van der Waals surface area (Å²) in [6, 6.07) is 7.51. The van der Waals surface area contributed by atoms with E-state index < -0.39 is 0 Å². The summed E-state index contributed by atoms with van der Waals surface area (Å²) in [5, 5.41) is 0. The minimum Gasteiger partial charge on any atom is -0.497 e. The van der Waals surface area contributed by atoms with Crippen LogP contribution < -0.4 is 15.4 Å². The van der Waals surface area contributed by atoms with Gasteiger partial charge in [-0.15, -0.1) is 0 Å². The van der Waals surface area contributed by atoms with Crippen molar-refractivity contribution in [2.45, 2.75) is 25.3 Å². The zero-order valence-corrected chi connectivity index (χ0v) is 10.9. The van der Waals surface area contributed by atoms with Crippen LogP contribution in [-0.4, -0.2) is 26.1 Å². The predicted molar refractivity (Wildman–Crippen MR) is 71.7 cm³/mol. The molecule has 0 aliphatic heterocycles. The van der Waals surface area contributed by atoms with Gasteiger partial charge in [-0.05, 0) is 25.0 Å². The predicted octanol–water partition coefficient (Wildman–Crippen LogP) is 1.79. The Morgan fingerprint density at radius 3 is 2.83 bits per heavy atom. The molecule has 18 heavy (non-hydrogen) atoms. The van der Waals surface area contributed by atoms with E-state index in [-0.39, 0.29) is 17.9 Å². The third-order valence-corrected chi connectivity index (χ3v) is 3.66. The minimum absolute atomic E-state index is 0.00515. The van der Waals surface area contributed by atoms with Gasteiger partial charge in [0, 0.05) is 24.8 Å². The minimum atomic E-state index is -0.0406. The molecular weight excluding hydrogens is 228 g/mol. The molecule has 0 aromatic heterocycles.